The normalized spacial score (nSPS) is 20.9. The SMILES string of the molecule is CCc1nn(C)c2c1C(NC)CCC2. The number of aromatic nitrogens is 2. The Morgan fingerprint density at radius 2 is 2.36 bits per heavy atom. The summed E-state index contributed by atoms with van der Waals surface area (Å²) in [6.45, 7) is 2.18. The third-order valence-electron chi connectivity index (χ3n) is 3.22. The summed E-state index contributed by atoms with van der Waals surface area (Å²) in [5, 5.41) is 7.98. The number of fused-ring (bicyclic) bond motifs is 1. The molecule has 0 spiro atoms. The second-order valence-corrected chi connectivity index (χ2v) is 4.02. The van der Waals surface area contributed by atoms with E-state index in [4.69, 9.17) is 0 Å². The lowest BCUT2D eigenvalue weighted by Gasteiger charge is -2.23. The Kier molecular flexibility index (Phi) is 2.59. The van der Waals surface area contributed by atoms with Crippen LogP contribution in [0.2, 0.25) is 0 Å². The maximum Gasteiger partial charge on any atom is 0.0672 e. The Hall–Kier alpha value is -0.830. The van der Waals surface area contributed by atoms with Gasteiger partial charge < -0.3 is 5.32 Å². The Bertz CT molecular complexity index is 328. The molecule has 3 heteroatoms. The topological polar surface area (TPSA) is 29.9 Å². The minimum Gasteiger partial charge on any atom is -0.313 e. The summed E-state index contributed by atoms with van der Waals surface area (Å²) in [6.07, 6.45) is 4.77. The number of rotatable bonds is 2. The number of nitrogens with one attached hydrogen (secondary N) is 1. The van der Waals surface area contributed by atoms with Gasteiger partial charge in [0.15, 0.2) is 0 Å². The van der Waals surface area contributed by atoms with Gasteiger partial charge in [0.25, 0.3) is 0 Å². The van der Waals surface area contributed by atoms with Gasteiger partial charge in [-0.15, -0.1) is 0 Å². The minimum absolute atomic E-state index is 0.530. The van der Waals surface area contributed by atoms with Crippen molar-refractivity contribution in [2.24, 2.45) is 7.05 Å². The lowest BCUT2D eigenvalue weighted by atomic mass is 9.90. The fraction of sp³-hybridized carbons (Fsp3) is 0.727. The highest BCUT2D eigenvalue weighted by molar-refractivity contribution is 5.32. The first-order valence-corrected chi connectivity index (χ1v) is 5.49. The molecule has 0 fully saturated rings. The van der Waals surface area contributed by atoms with Crippen molar-refractivity contribution < 1.29 is 0 Å². The van der Waals surface area contributed by atoms with E-state index in [1.165, 1.54) is 36.2 Å². The molecule has 0 saturated carbocycles. The van der Waals surface area contributed by atoms with Gasteiger partial charge in [0.2, 0.25) is 0 Å². The molecular weight excluding hydrogens is 174 g/mol. The third-order valence-corrected chi connectivity index (χ3v) is 3.22. The van der Waals surface area contributed by atoms with E-state index in [0.29, 0.717) is 6.04 Å². The van der Waals surface area contributed by atoms with E-state index in [0.717, 1.165) is 6.42 Å². The first-order valence-electron chi connectivity index (χ1n) is 5.49. The molecule has 1 aromatic heterocycles. The molecule has 1 aromatic rings. The summed E-state index contributed by atoms with van der Waals surface area (Å²) in [5.74, 6) is 0. The molecule has 2 rings (SSSR count). The van der Waals surface area contributed by atoms with E-state index >= 15 is 0 Å². The van der Waals surface area contributed by atoms with Crippen LogP contribution in [-0.2, 0) is 19.9 Å². The van der Waals surface area contributed by atoms with E-state index in [-0.39, 0.29) is 0 Å². The van der Waals surface area contributed by atoms with Crippen LogP contribution in [0.3, 0.4) is 0 Å². The average Bonchev–Trinajstić information content (AvgIpc) is 2.56. The molecule has 0 amide bonds. The summed E-state index contributed by atoms with van der Waals surface area (Å²) in [5.41, 5.74) is 4.19. The zero-order valence-corrected chi connectivity index (χ0v) is 9.30. The van der Waals surface area contributed by atoms with Gasteiger partial charge in [0, 0.05) is 24.3 Å². The highest BCUT2D eigenvalue weighted by atomic mass is 15.3. The van der Waals surface area contributed by atoms with Gasteiger partial charge in [-0.05, 0) is 32.7 Å². The maximum atomic E-state index is 4.59. The van der Waals surface area contributed by atoms with E-state index in [1.807, 2.05) is 7.05 Å². The molecule has 0 aliphatic heterocycles. The van der Waals surface area contributed by atoms with Crippen molar-refractivity contribution in [3.05, 3.63) is 17.0 Å². The van der Waals surface area contributed by atoms with Crippen LogP contribution in [0, 0.1) is 0 Å². The smallest absolute Gasteiger partial charge is 0.0672 e. The number of aryl methyl sites for hydroxylation is 2. The fourth-order valence-electron chi connectivity index (χ4n) is 2.50. The van der Waals surface area contributed by atoms with Crippen molar-refractivity contribution in [3.63, 3.8) is 0 Å². The molecule has 1 aliphatic rings. The lowest BCUT2D eigenvalue weighted by molar-refractivity contribution is 0.484. The van der Waals surface area contributed by atoms with Crippen LogP contribution in [0.4, 0.5) is 0 Å². The number of nitrogens with zero attached hydrogens (tertiary/aromatic N) is 2. The van der Waals surface area contributed by atoms with Gasteiger partial charge in [-0.1, -0.05) is 6.92 Å². The van der Waals surface area contributed by atoms with E-state index < -0.39 is 0 Å². The van der Waals surface area contributed by atoms with Crippen LogP contribution in [0.1, 0.15) is 42.8 Å². The second kappa shape index (κ2) is 3.73. The molecule has 3 nitrogen and oxygen atoms in total. The Labute approximate surface area is 85.5 Å². The van der Waals surface area contributed by atoms with Crippen molar-refractivity contribution >= 4 is 0 Å². The van der Waals surface area contributed by atoms with E-state index in [9.17, 15) is 0 Å². The molecule has 0 radical (unpaired) electrons. The largest absolute Gasteiger partial charge is 0.313 e. The first kappa shape index (κ1) is 9.71. The molecule has 0 aromatic carbocycles. The molecule has 0 saturated heterocycles. The summed E-state index contributed by atoms with van der Waals surface area (Å²) in [4.78, 5) is 0. The van der Waals surface area contributed by atoms with Crippen molar-refractivity contribution in [2.45, 2.75) is 38.6 Å². The first-order chi connectivity index (χ1) is 6.77. The van der Waals surface area contributed by atoms with Crippen LogP contribution >= 0.6 is 0 Å². The predicted octanol–water partition coefficient (Wildman–Crippen LogP) is 1.58. The standard InChI is InChI=1S/C11H19N3/c1-4-8-11-9(12-2)6-5-7-10(11)14(3)13-8/h9,12H,4-7H2,1-3H3. The molecule has 1 N–H and O–H groups in total. The van der Waals surface area contributed by atoms with E-state index in [1.54, 1.807) is 0 Å². The zero-order chi connectivity index (χ0) is 10.1. The summed E-state index contributed by atoms with van der Waals surface area (Å²) in [7, 11) is 4.11. The van der Waals surface area contributed by atoms with Crippen LogP contribution in [0.25, 0.3) is 0 Å². The van der Waals surface area contributed by atoms with Crippen molar-refractivity contribution in [2.75, 3.05) is 7.05 Å². The molecule has 1 atom stereocenters. The summed E-state index contributed by atoms with van der Waals surface area (Å²) in [6, 6.07) is 0.530. The van der Waals surface area contributed by atoms with Gasteiger partial charge >= 0.3 is 0 Å². The molecule has 1 heterocycles. The zero-order valence-electron chi connectivity index (χ0n) is 9.30. The Balaban J connectivity index is 2.48. The Morgan fingerprint density at radius 3 is 3.00 bits per heavy atom. The van der Waals surface area contributed by atoms with Crippen molar-refractivity contribution in [1.29, 1.82) is 0 Å². The fourth-order valence-corrected chi connectivity index (χ4v) is 2.50. The maximum absolute atomic E-state index is 4.59. The summed E-state index contributed by atoms with van der Waals surface area (Å²) >= 11 is 0. The van der Waals surface area contributed by atoms with Crippen molar-refractivity contribution in [3.8, 4) is 0 Å². The molecule has 0 bridgehead atoms. The molecular formula is C11H19N3. The predicted molar refractivity (Wildman–Crippen MR) is 57.3 cm³/mol. The van der Waals surface area contributed by atoms with Gasteiger partial charge in [0.1, 0.15) is 0 Å². The third kappa shape index (κ3) is 1.36. The lowest BCUT2D eigenvalue weighted by Crippen LogP contribution is -2.22. The van der Waals surface area contributed by atoms with E-state index in [2.05, 4.69) is 29.1 Å². The monoisotopic (exact) mass is 193 g/mol. The van der Waals surface area contributed by atoms with Crippen LogP contribution in [0.15, 0.2) is 0 Å². The average molecular weight is 193 g/mol. The molecule has 1 aliphatic carbocycles. The second-order valence-electron chi connectivity index (χ2n) is 4.02. The quantitative estimate of drug-likeness (QED) is 0.773. The van der Waals surface area contributed by atoms with Crippen LogP contribution < -0.4 is 5.32 Å². The number of hydrogen-bond donors (Lipinski definition) is 1. The summed E-state index contributed by atoms with van der Waals surface area (Å²) < 4.78 is 2.07. The van der Waals surface area contributed by atoms with Gasteiger partial charge in [-0.2, -0.15) is 5.10 Å². The van der Waals surface area contributed by atoms with Crippen LogP contribution in [-0.4, -0.2) is 16.8 Å². The van der Waals surface area contributed by atoms with Gasteiger partial charge in [-0.3, -0.25) is 4.68 Å². The Morgan fingerprint density at radius 1 is 1.57 bits per heavy atom. The molecule has 78 valence electrons. The molecule has 14 heavy (non-hydrogen) atoms. The van der Waals surface area contributed by atoms with Crippen molar-refractivity contribution in [1.82, 2.24) is 15.1 Å². The van der Waals surface area contributed by atoms with Gasteiger partial charge in [0.05, 0.1) is 5.69 Å². The van der Waals surface area contributed by atoms with Gasteiger partial charge in [-0.25, -0.2) is 0 Å². The highest BCUT2D eigenvalue weighted by Gasteiger charge is 2.25. The highest BCUT2D eigenvalue weighted by Crippen LogP contribution is 2.31. The minimum atomic E-state index is 0.530. The van der Waals surface area contributed by atoms with Crippen LogP contribution in [0.5, 0.6) is 0 Å². The number of hydrogen-bond acceptors (Lipinski definition) is 2. The molecule has 1 unspecified atom stereocenters.